The summed E-state index contributed by atoms with van der Waals surface area (Å²) in [6.07, 6.45) is 1.75. The van der Waals surface area contributed by atoms with Gasteiger partial charge < -0.3 is 9.30 Å². The average molecular weight is 544 g/mol. The van der Waals surface area contributed by atoms with Crippen LogP contribution < -0.4 is 9.64 Å². The Kier molecular flexibility index (Phi) is 5.71. The molecule has 0 saturated carbocycles. The summed E-state index contributed by atoms with van der Waals surface area (Å²) < 4.78 is 7.72. The summed E-state index contributed by atoms with van der Waals surface area (Å²) in [7, 11) is 1.57. The van der Waals surface area contributed by atoms with Crippen LogP contribution in [0.1, 0.15) is 58.9 Å². The number of methoxy groups -OCH3 is 1. The number of aromatic nitrogens is 3. The molecule has 9 heteroatoms. The Hall–Kier alpha value is -3.86. The zero-order valence-electron chi connectivity index (χ0n) is 21.2. The van der Waals surface area contributed by atoms with Crippen molar-refractivity contribution >= 4 is 34.8 Å². The first-order valence-electron chi connectivity index (χ1n) is 12.2. The molecule has 2 aliphatic heterocycles. The van der Waals surface area contributed by atoms with Gasteiger partial charge in [0.1, 0.15) is 17.6 Å². The van der Waals surface area contributed by atoms with Crippen LogP contribution in [0.15, 0.2) is 42.6 Å². The summed E-state index contributed by atoms with van der Waals surface area (Å²) in [6.45, 7) is 6.10. The van der Waals surface area contributed by atoms with Crippen molar-refractivity contribution in [2.24, 2.45) is 0 Å². The van der Waals surface area contributed by atoms with Crippen molar-refractivity contribution in [3.05, 3.63) is 80.8 Å². The fraction of sp³-hybridized carbons (Fsp3) is 0.241. The summed E-state index contributed by atoms with van der Waals surface area (Å²) in [6, 6.07) is 13.0. The highest BCUT2D eigenvalue weighted by Crippen LogP contribution is 2.56. The monoisotopic (exact) mass is 543 g/mol. The molecule has 2 aromatic heterocycles. The molecule has 38 heavy (non-hydrogen) atoms. The summed E-state index contributed by atoms with van der Waals surface area (Å²) in [5.41, 5.74) is 6.81. The average Bonchev–Trinajstić information content (AvgIpc) is 3.41. The van der Waals surface area contributed by atoms with E-state index >= 15 is 0 Å². The van der Waals surface area contributed by atoms with Crippen molar-refractivity contribution in [1.82, 2.24) is 14.5 Å². The Morgan fingerprint density at radius 3 is 2.66 bits per heavy atom. The first kappa shape index (κ1) is 24.5. The standard InChI is InChI=1S/C29H23Cl2N5O2/c1-14(2)35-27-24(34-28(35)20-12-17(9-10-32)33-13-22(20)38-4)29(37)36-25-15(3)5-8-21(31)23(25)19-11-16(30)6-7-18(19)26(27)36/h5-8,11-14,26H,9H2,1-4H3. The molecule has 1 unspecified atom stereocenters. The molecule has 7 nitrogen and oxygen atoms in total. The van der Waals surface area contributed by atoms with E-state index in [1.807, 2.05) is 48.2 Å². The summed E-state index contributed by atoms with van der Waals surface area (Å²) in [5.74, 6) is 0.925. The molecule has 2 aromatic carbocycles. The predicted octanol–water partition coefficient (Wildman–Crippen LogP) is 6.95. The minimum atomic E-state index is -0.413. The Morgan fingerprint density at radius 1 is 1.16 bits per heavy atom. The minimum absolute atomic E-state index is 0.0381. The highest BCUT2D eigenvalue weighted by molar-refractivity contribution is 6.35. The summed E-state index contributed by atoms with van der Waals surface area (Å²) in [5, 5.41) is 10.4. The third-order valence-electron chi connectivity index (χ3n) is 7.20. The number of carbonyl (C=O) groups is 1. The number of hydrogen-bond acceptors (Lipinski definition) is 5. The second-order valence-corrected chi connectivity index (χ2v) is 10.6. The quantitative estimate of drug-likeness (QED) is 0.278. The second-order valence-electron chi connectivity index (χ2n) is 9.74. The van der Waals surface area contributed by atoms with Crippen LogP contribution in [-0.4, -0.2) is 27.6 Å². The maximum absolute atomic E-state index is 14.2. The number of ether oxygens (including phenoxy) is 1. The number of fused-ring (bicyclic) bond motifs is 8. The number of benzene rings is 2. The topological polar surface area (TPSA) is 84.0 Å². The van der Waals surface area contributed by atoms with Crippen LogP contribution in [0.2, 0.25) is 10.0 Å². The van der Waals surface area contributed by atoms with Gasteiger partial charge in [-0.05, 0) is 61.7 Å². The van der Waals surface area contributed by atoms with Gasteiger partial charge in [0, 0.05) is 16.6 Å². The van der Waals surface area contributed by atoms with Gasteiger partial charge in [0.25, 0.3) is 5.91 Å². The number of anilines is 1. The van der Waals surface area contributed by atoms with Crippen molar-refractivity contribution in [3.8, 4) is 34.3 Å². The Morgan fingerprint density at radius 2 is 1.95 bits per heavy atom. The lowest BCUT2D eigenvalue weighted by Gasteiger charge is -2.37. The zero-order valence-corrected chi connectivity index (χ0v) is 22.7. The lowest BCUT2D eigenvalue weighted by Crippen LogP contribution is -2.34. The maximum atomic E-state index is 14.2. The maximum Gasteiger partial charge on any atom is 0.279 e. The van der Waals surface area contributed by atoms with Gasteiger partial charge in [0.2, 0.25) is 0 Å². The van der Waals surface area contributed by atoms with Gasteiger partial charge in [-0.25, -0.2) is 4.98 Å². The summed E-state index contributed by atoms with van der Waals surface area (Å²) >= 11 is 13.2. The fourth-order valence-electron chi connectivity index (χ4n) is 5.67. The first-order chi connectivity index (χ1) is 18.3. The third kappa shape index (κ3) is 3.37. The van der Waals surface area contributed by atoms with E-state index in [-0.39, 0.29) is 18.4 Å². The highest BCUT2D eigenvalue weighted by atomic mass is 35.5. The normalized spacial score (nSPS) is 15.2. The van der Waals surface area contributed by atoms with E-state index < -0.39 is 6.04 Å². The van der Waals surface area contributed by atoms with E-state index in [1.165, 1.54) is 0 Å². The van der Waals surface area contributed by atoms with Crippen LogP contribution in [0.25, 0.3) is 22.5 Å². The number of amides is 1. The molecule has 0 spiro atoms. The van der Waals surface area contributed by atoms with Crippen LogP contribution in [0.3, 0.4) is 0 Å². The first-order valence-corrected chi connectivity index (χ1v) is 13.0. The number of aryl methyl sites for hydroxylation is 1. The number of pyridine rings is 1. The Labute approximate surface area is 230 Å². The Balaban J connectivity index is 1.67. The third-order valence-corrected chi connectivity index (χ3v) is 7.75. The fourth-order valence-corrected chi connectivity index (χ4v) is 6.10. The molecule has 190 valence electrons. The molecule has 0 radical (unpaired) electrons. The van der Waals surface area contributed by atoms with E-state index in [1.54, 1.807) is 13.3 Å². The lowest BCUT2D eigenvalue weighted by atomic mass is 9.86. The van der Waals surface area contributed by atoms with Crippen LogP contribution in [-0.2, 0) is 6.42 Å². The van der Waals surface area contributed by atoms with E-state index in [9.17, 15) is 10.1 Å². The molecule has 0 N–H and O–H groups in total. The molecular formula is C29H23Cl2N5O2. The number of nitriles is 1. The largest absolute Gasteiger partial charge is 0.494 e. The van der Waals surface area contributed by atoms with Crippen molar-refractivity contribution in [2.45, 2.75) is 39.3 Å². The van der Waals surface area contributed by atoms with Crippen molar-refractivity contribution in [3.63, 3.8) is 0 Å². The van der Waals surface area contributed by atoms with Crippen LogP contribution in [0, 0.1) is 18.3 Å². The molecule has 0 fully saturated rings. The molecule has 0 aliphatic carbocycles. The molecule has 0 bridgehead atoms. The number of hydrogen-bond donors (Lipinski definition) is 0. The molecule has 4 heterocycles. The SMILES string of the molecule is COc1cnc(CC#N)cc1-c1nc2c(n1C(C)C)C1c3ccc(Cl)cc3-c3c(Cl)ccc(C)c3N1C2=O. The summed E-state index contributed by atoms with van der Waals surface area (Å²) in [4.78, 5) is 25.3. The number of halogens is 2. The molecule has 1 amide bonds. The van der Waals surface area contributed by atoms with E-state index in [0.717, 1.165) is 33.6 Å². The van der Waals surface area contributed by atoms with Gasteiger partial charge in [-0.1, -0.05) is 35.3 Å². The van der Waals surface area contributed by atoms with Crippen LogP contribution >= 0.6 is 23.2 Å². The lowest BCUT2D eigenvalue weighted by molar-refractivity contribution is 0.0989. The molecule has 6 rings (SSSR count). The smallest absolute Gasteiger partial charge is 0.279 e. The van der Waals surface area contributed by atoms with Gasteiger partial charge in [0.15, 0.2) is 5.69 Å². The van der Waals surface area contributed by atoms with Gasteiger partial charge in [-0.2, -0.15) is 5.26 Å². The van der Waals surface area contributed by atoms with Gasteiger partial charge in [0.05, 0.1) is 53.5 Å². The van der Waals surface area contributed by atoms with E-state index in [4.69, 9.17) is 32.9 Å². The van der Waals surface area contributed by atoms with Gasteiger partial charge in [-0.15, -0.1) is 0 Å². The molecular weight excluding hydrogens is 521 g/mol. The highest BCUT2D eigenvalue weighted by Gasteiger charge is 2.49. The number of carbonyl (C=O) groups excluding carboxylic acids is 1. The number of imidazole rings is 1. The van der Waals surface area contributed by atoms with Crippen molar-refractivity contribution in [2.75, 3.05) is 12.0 Å². The van der Waals surface area contributed by atoms with Crippen LogP contribution in [0.4, 0.5) is 5.69 Å². The van der Waals surface area contributed by atoms with Gasteiger partial charge >= 0.3 is 0 Å². The van der Waals surface area contributed by atoms with Crippen molar-refractivity contribution in [1.29, 1.82) is 5.26 Å². The van der Waals surface area contributed by atoms with Crippen molar-refractivity contribution < 1.29 is 9.53 Å². The minimum Gasteiger partial charge on any atom is -0.494 e. The van der Waals surface area contributed by atoms with Gasteiger partial charge in [-0.3, -0.25) is 14.7 Å². The molecule has 1 atom stereocenters. The van der Waals surface area contributed by atoms with E-state index in [2.05, 4.69) is 29.5 Å². The van der Waals surface area contributed by atoms with Crippen LogP contribution in [0.5, 0.6) is 5.75 Å². The Bertz CT molecular complexity index is 1700. The number of rotatable bonds is 4. The molecule has 4 aromatic rings. The molecule has 0 saturated heterocycles. The number of nitrogens with zero attached hydrogens (tertiary/aromatic N) is 5. The predicted molar refractivity (Wildman–Crippen MR) is 147 cm³/mol. The zero-order chi connectivity index (χ0) is 26.9. The molecule has 2 aliphatic rings. The van der Waals surface area contributed by atoms with E-state index in [0.29, 0.717) is 38.6 Å². The second kappa shape index (κ2) is 8.87.